The fraction of sp³-hybridized carbons (Fsp3) is 0.333. The van der Waals surface area contributed by atoms with Gasteiger partial charge in [0, 0.05) is 11.4 Å². The highest BCUT2D eigenvalue weighted by Gasteiger charge is 2.27. The molecule has 6 nitrogen and oxygen atoms in total. The predicted molar refractivity (Wildman–Crippen MR) is 148 cm³/mol. The Morgan fingerprint density at radius 3 is 1.31 bits per heavy atom. The van der Waals surface area contributed by atoms with Crippen LogP contribution in [-0.4, -0.2) is 12.1 Å². The molecule has 0 unspecified atom stereocenters. The summed E-state index contributed by atoms with van der Waals surface area (Å²) < 4.78 is 0. The second-order valence-electron chi connectivity index (χ2n) is 10.1. The fourth-order valence-corrected chi connectivity index (χ4v) is 3.98. The fourth-order valence-electron chi connectivity index (χ4n) is 3.98. The topological polar surface area (TPSA) is 82.3 Å². The molecule has 36 heavy (non-hydrogen) atoms. The van der Waals surface area contributed by atoms with Crippen molar-refractivity contribution in [3.63, 3.8) is 0 Å². The molecule has 0 bridgehead atoms. The Morgan fingerprint density at radius 2 is 0.972 bits per heavy atom. The van der Waals surface area contributed by atoms with E-state index in [4.69, 9.17) is 0 Å². The van der Waals surface area contributed by atoms with E-state index in [9.17, 15) is 9.59 Å². The second-order valence-corrected chi connectivity index (χ2v) is 10.1. The van der Waals surface area contributed by atoms with Gasteiger partial charge in [0.25, 0.3) is 0 Å². The molecule has 3 rings (SSSR count). The van der Waals surface area contributed by atoms with Gasteiger partial charge in [-0.05, 0) is 87.1 Å². The third-order valence-corrected chi connectivity index (χ3v) is 6.40. The lowest BCUT2D eigenvalue weighted by Gasteiger charge is -2.31. The van der Waals surface area contributed by atoms with E-state index in [2.05, 4.69) is 35.1 Å². The summed E-state index contributed by atoms with van der Waals surface area (Å²) in [6, 6.07) is 23.0. The number of hydrogen-bond donors (Lipinski definition) is 4. The van der Waals surface area contributed by atoms with E-state index < -0.39 is 11.1 Å². The molecule has 4 amide bonds. The number of carbonyl (C=O) groups is 2. The molecule has 0 aliphatic rings. The average molecular weight is 487 g/mol. The number of carbonyl (C=O) groups excluding carboxylic acids is 2. The van der Waals surface area contributed by atoms with Gasteiger partial charge in [-0.1, -0.05) is 62.4 Å². The summed E-state index contributed by atoms with van der Waals surface area (Å²) in [7, 11) is 0. The molecular weight excluding hydrogens is 448 g/mol. The van der Waals surface area contributed by atoms with Gasteiger partial charge < -0.3 is 21.3 Å². The van der Waals surface area contributed by atoms with Crippen LogP contribution < -0.4 is 21.3 Å². The minimum absolute atomic E-state index is 0.277. The van der Waals surface area contributed by atoms with Crippen LogP contribution >= 0.6 is 0 Å². The molecule has 190 valence electrons. The van der Waals surface area contributed by atoms with E-state index in [1.165, 1.54) is 11.1 Å². The summed E-state index contributed by atoms with van der Waals surface area (Å²) >= 11 is 0. The quantitative estimate of drug-likeness (QED) is 0.279. The zero-order valence-electron chi connectivity index (χ0n) is 22.2. The van der Waals surface area contributed by atoms with E-state index in [1.54, 1.807) is 0 Å². The number of rotatable bonds is 8. The summed E-state index contributed by atoms with van der Waals surface area (Å²) in [6.07, 6.45) is 1.91. The Hall–Kier alpha value is -3.80. The van der Waals surface area contributed by atoms with Crippen molar-refractivity contribution in [1.29, 1.82) is 0 Å². The van der Waals surface area contributed by atoms with E-state index in [0.29, 0.717) is 0 Å². The first-order valence-electron chi connectivity index (χ1n) is 12.5. The molecule has 0 spiro atoms. The zero-order chi connectivity index (χ0) is 26.3. The number of anilines is 2. The van der Waals surface area contributed by atoms with Crippen LogP contribution in [0.3, 0.4) is 0 Å². The maximum absolute atomic E-state index is 12.7. The number of hydrogen-bond acceptors (Lipinski definition) is 2. The highest BCUT2D eigenvalue weighted by molar-refractivity contribution is 5.90. The van der Waals surface area contributed by atoms with Crippen LogP contribution in [0, 0.1) is 0 Å². The number of benzene rings is 3. The molecule has 6 heteroatoms. The molecule has 0 aromatic heterocycles. The van der Waals surface area contributed by atoms with Crippen molar-refractivity contribution >= 4 is 23.4 Å². The van der Waals surface area contributed by atoms with Crippen LogP contribution in [0.25, 0.3) is 0 Å². The van der Waals surface area contributed by atoms with E-state index in [0.717, 1.165) is 35.3 Å². The van der Waals surface area contributed by atoms with Crippen molar-refractivity contribution in [2.24, 2.45) is 0 Å². The van der Waals surface area contributed by atoms with Gasteiger partial charge in [0.05, 0.1) is 11.1 Å². The first kappa shape index (κ1) is 26.8. The Kier molecular flexibility index (Phi) is 8.41. The van der Waals surface area contributed by atoms with Gasteiger partial charge in [0.2, 0.25) is 0 Å². The molecule has 0 heterocycles. The lowest BCUT2D eigenvalue weighted by atomic mass is 9.87. The Bertz CT molecular complexity index is 1090. The highest BCUT2D eigenvalue weighted by atomic mass is 16.2. The summed E-state index contributed by atoms with van der Waals surface area (Å²) in [5.41, 5.74) is 4.52. The van der Waals surface area contributed by atoms with Crippen LogP contribution in [-0.2, 0) is 23.9 Å². The lowest BCUT2D eigenvalue weighted by Crippen LogP contribution is -2.45. The van der Waals surface area contributed by atoms with Crippen molar-refractivity contribution in [1.82, 2.24) is 10.6 Å². The lowest BCUT2D eigenvalue weighted by molar-refractivity contribution is 0.241. The molecule has 0 fully saturated rings. The first-order chi connectivity index (χ1) is 17.0. The predicted octanol–water partition coefficient (Wildman–Crippen LogP) is 6.93. The first-order valence-corrected chi connectivity index (χ1v) is 12.5. The van der Waals surface area contributed by atoms with Gasteiger partial charge in [0.1, 0.15) is 0 Å². The normalized spacial score (nSPS) is 11.5. The smallest absolute Gasteiger partial charge is 0.319 e. The van der Waals surface area contributed by atoms with Crippen LogP contribution in [0.4, 0.5) is 21.0 Å². The van der Waals surface area contributed by atoms with Crippen molar-refractivity contribution in [3.05, 3.63) is 95.1 Å². The molecule has 0 aliphatic heterocycles. The zero-order valence-corrected chi connectivity index (χ0v) is 22.2. The van der Waals surface area contributed by atoms with Crippen molar-refractivity contribution < 1.29 is 9.59 Å². The molecule has 3 aromatic rings. The number of aryl methyl sites for hydroxylation is 2. The summed E-state index contributed by atoms with van der Waals surface area (Å²) in [4.78, 5) is 25.4. The van der Waals surface area contributed by atoms with Crippen LogP contribution in [0.15, 0.2) is 72.8 Å². The number of urea groups is 2. The Balaban J connectivity index is 1.66. The monoisotopic (exact) mass is 486 g/mol. The van der Waals surface area contributed by atoms with Gasteiger partial charge in [0.15, 0.2) is 0 Å². The molecule has 0 atom stereocenters. The average Bonchev–Trinajstić information content (AvgIpc) is 2.84. The van der Waals surface area contributed by atoms with Gasteiger partial charge in [-0.15, -0.1) is 0 Å². The molecule has 0 radical (unpaired) electrons. The second kappa shape index (κ2) is 11.3. The molecule has 3 aromatic carbocycles. The third-order valence-electron chi connectivity index (χ3n) is 6.40. The van der Waals surface area contributed by atoms with Crippen molar-refractivity contribution in [3.8, 4) is 0 Å². The molecular formula is C30H38N4O2. The molecule has 0 aliphatic carbocycles. The minimum Gasteiger partial charge on any atom is -0.329 e. The van der Waals surface area contributed by atoms with Crippen molar-refractivity contribution in [2.45, 2.75) is 65.5 Å². The molecule has 4 N–H and O–H groups in total. The van der Waals surface area contributed by atoms with Gasteiger partial charge in [-0.3, -0.25) is 0 Å². The van der Waals surface area contributed by atoms with Gasteiger partial charge in [-0.25, -0.2) is 9.59 Å². The standard InChI is InChI=1S/C30H38N4O2/c1-7-21-12-16-25(17-13-21)31-27(35)33-29(3,4)23-10-9-11-24(20-23)30(5,6)34-28(36)32-26-18-14-22(8-2)15-19-26/h9-20H,7-8H2,1-6H3,(H2,31,33,35)(H2,32,34,36). The Morgan fingerprint density at radius 1 is 0.611 bits per heavy atom. The number of nitrogens with one attached hydrogen (secondary N) is 4. The largest absolute Gasteiger partial charge is 0.329 e. The SMILES string of the molecule is CCc1ccc(NC(=O)NC(C)(C)c2cccc(C(C)(C)NC(=O)Nc3ccc(CC)cc3)c2)cc1. The third kappa shape index (κ3) is 7.11. The van der Waals surface area contributed by atoms with Crippen LogP contribution in [0.5, 0.6) is 0 Å². The molecule has 0 saturated carbocycles. The maximum Gasteiger partial charge on any atom is 0.319 e. The van der Waals surface area contributed by atoms with E-state index in [-0.39, 0.29) is 12.1 Å². The summed E-state index contributed by atoms with van der Waals surface area (Å²) in [6.45, 7) is 12.0. The minimum atomic E-state index is -0.636. The van der Waals surface area contributed by atoms with Gasteiger partial charge in [-0.2, -0.15) is 0 Å². The highest BCUT2D eigenvalue weighted by Crippen LogP contribution is 2.27. The Labute approximate surface area is 214 Å². The van der Waals surface area contributed by atoms with Crippen LogP contribution in [0.2, 0.25) is 0 Å². The summed E-state index contributed by atoms with van der Waals surface area (Å²) in [5, 5.41) is 11.9. The summed E-state index contributed by atoms with van der Waals surface area (Å²) in [5.74, 6) is 0. The van der Waals surface area contributed by atoms with Crippen molar-refractivity contribution in [2.75, 3.05) is 10.6 Å². The van der Waals surface area contributed by atoms with E-state index >= 15 is 0 Å². The molecule has 0 saturated heterocycles. The van der Waals surface area contributed by atoms with E-state index in [1.807, 2.05) is 100 Å². The maximum atomic E-state index is 12.7. The van der Waals surface area contributed by atoms with Gasteiger partial charge >= 0.3 is 12.1 Å². The number of amides is 4. The van der Waals surface area contributed by atoms with Crippen LogP contribution in [0.1, 0.15) is 63.8 Å².